The number of nitrogens with zero attached hydrogens (tertiary/aromatic N) is 5. The average molecular weight is 450 g/mol. The normalized spacial score (nSPS) is 17.2. The van der Waals surface area contributed by atoms with Crippen LogP contribution in [0.4, 0.5) is 4.39 Å². The standard InChI is InChI=1S/C25H28FN5O2/c1-16-20(24(32)30-9-3-4-10-30)15-27-23(28-16)17-7-11-31(12-8-17)25(33)22-14-18-13-19(26)5-6-21(18)29(22)2/h5-6,13-15,17H,3-4,7-12H2,1-2H3. The van der Waals surface area contributed by atoms with Gasteiger partial charge in [-0.15, -0.1) is 0 Å². The third-order valence-electron chi connectivity index (χ3n) is 6.99. The zero-order valence-corrected chi connectivity index (χ0v) is 19.1. The van der Waals surface area contributed by atoms with Gasteiger partial charge in [-0.1, -0.05) is 0 Å². The number of amides is 2. The van der Waals surface area contributed by atoms with E-state index in [1.807, 2.05) is 28.3 Å². The van der Waals surface area contributed by atoms with Gasteiger partial charge < -0.3 is 14.4 Å². The number of aromatic nitrogens is 3. The van der Waals surface area contributed by atoms with Gasteiger partial charge >= 0.3 is 0 Å². The Kier molecular flexibility index (Phi) is 5.60. The zero-order chi connectivity index (χ0) is 23.1. The van der Waals surface area contributed by atoms with Crippen molar-refractivity contribution in [3.63, 3.8) is 0 Å². The summed E-state index contributed by atoms with van der Waals surface area (Å²) < 4.78 is 15.4. The molecule has 0 saturated carbocycles. The Bertz CT molecular complexity index is 1220. The summed E-state index contributed by atoms with van der Waals surface area (Å²) in [6.07, 6.45) is 5.31. The van der Waals surface area contributed by atoms with Gasteiger partial charge in [0, 0.05) is 56.2 Å². The number of halogens is 1. The first-order chi connectivity index (χ1) is 15.9. The second-order valence-corrected chi connectivity index (χ2v) is 9.08. The van der Waals surface area contributed by atoms with Crippen LogP contribution < -0.4 is 0 Å². The monoisotopic (exact) mass is 449 g/mol. The minimum Gasteiger partial charge on any atom is -0.340 e. The summed E-state index contributed by atoms with van der Waals surface area (Å²) in [6.45, 7) is 4.69. The minimum absolute atomic E-state index is 0.0202. The van der Waals surface area contributed by atoms with Crippen LogP contribution in [0.2, 0.25) is 0 Å². The van der Waals surface area contributed by atoms with Crippen molar-refractivity contribution in [1.82, 2.24) is 24.3 Å². The fraction of sp³-hybridized carbons (Fsp3) is 0.440. The topological polar surface area (TPSA) is 71.3 Å². The molecule has 2 aliphatic rings. The van der Waals surface area contributed by atoms with Gasteiger partial charge in [-0.25, -0.2) is 14.4 Å². The second-order valence-electron chi connectivity index (χ2n) is 9.08. The molecule has 8 heteroatoms. The Labute approximate surface area is 192 Å². The molecule has 33 heavy (non-hydrogen) atoms. The third-order valence-corrected chi connectivity index (χ3v) is 6.99. The van der Waals surface area contributed by atoms with E-state index < -0.39 is 0 Å². The molecule has 0 unspecified atom stereocenters. The summed E-state index contributed by atoms with van der Waals surface area (Å²) in [5.74, 6) is 0.572. The van der Waals surface area contributed by atoms with Crippen molar-refractivity contribution in [2.45, 2.75) is 38.5 Å². The minimum atomic E-state index is -0.309. The highest BCUT2D eigenvalue weighted by atomic mass is 19.1. The highest BCUT2D eigenvalue weighted by Gasteiger charge is 2.29. The average Bonchev–Trinajstić information content (AvgIpc) is 3.47. The molecule has 0 spiro atoms. The first kappa shape index (κ1) is 21.6. The van der Waals surface area contributed by atoms with E-state index >= 15 is 0 Å². The third kappa shape index (κ3) is 3.98. The molecule has 7 nitrogen and oxygen atoms in total. The van der Waals surface area contributed by atoms with Crippen molar-refractivity contribution < 1.29 is 14.0 Å². The molecule has 2 saturated heterocycles. The molecule has 5 rings (SSSR count). The fourth-order valence-electron chi connectivity index (χ4n) is 5.01. The van der Waals surface area contributed by atoms with E-state index in [9.17, 15) is 14.0 Å². The highest BCUT2D eigenvalue weighted by Crippen LogP contribution is 2.28. The Balaban J connectivity index is 1.26. The summed E-state index contributed by atoms with van der Waals surface area (Å²) in [7, 11) is 1.84. The Hall–Kier alpha value is -3.29. The first-order valence-corrected chi connectivity index (χ1v) is 11.6. The van der Waals surface area contributed by atoms with Crippen molar-refractivity contribution in [2.24, 2.45) is 7.05 Å². The lowest BCUT2D eigenvalue weighted by Crippen LogP contribution is -2.39. The van der Waals surface area contributed by atoms with Gasteiger partial charge in [0.05, 0.1) is 11.3 Å². The Morgan fingerprint density at radius 3 is 2.39 bits per heavy atom. The molecule has 0 atom stereocenters. The number of aryl methyl sites for hydroxylation is 2. The smallest absolute Gasteiger partial charge is 0.270 e. The number of rotatable bonds is 3. The van der Waals surface area contributed by atoms with E-state index in [2.05, 4.69) is 9.97 Å². The van der Waals surface area contributed by atoms with Crippen molar-refractivity contribution in [3.05, 3.63) is 59.1 Å². The molecule has 0 N–H and O–H groups in total. The Morgan fingerprint density at radius 1 is 1.00 bits per heavy atom. The largest absolute Gasteiger partial charge is 0.340 e. The number of carbonyl (C=O) groups excluding carboxylic acids is 2. The molecule has 2 amide bonds. The van der Waals surface area contributed by atoms with Crippen LogP contribution >= 0.6 is 0 Å². The number of benzene rings is 1. The molecule has 4 heterocycles. The maximum absolute atomic E-state index is 13.6. The van der Waals surface area contributed by atoms with E-state index in [1.54, 1.807) is 18.3 Å². The number of hydrogen-bond donors (Lipinski definition) is 0. The molecular weight excluding hydrogens is 421 g/mol. The number of fused-ring (bicyclic) bond motifs is 1. The summed E-state index contributed by atoms with van der Waals surface area (Å²) in [5, 5.41) is 0.725. The highest BCUT2D eigenvalue weighted by molar-refractivity contribution is 5.98. The molecule has 2 aliphatic heterocycles. The van der Waals surface area contributed by atoms with E-state index in [0.29, 0.717) is 24.3 Å². The quantitative estimate of drug-likeness (QED) is 0.612. The molecule has 0 radical (unpaired) electrons. The molecule has 0 aliphatic carbocycles. The number of likely N-dealkylation sites (tertiary alicyclic amines) is 2. The molecule has 172 valence electrons. The van der Waals surface area contributed by atoms with Crippen LogP contribution in [0.15, 0.2) is 30.5 Å². The predicted molar refractivity (Wildman–Crippen MR) is 123 cm³/mol. The lowest BCUT2D eigenvalue weighted by atomic mass is 9.95. The van der Waals surface area contributed by atoms with Crippen LogP contribution in [0.25, 0.3) is 10.9 Å². The van der Waals surface area contributed by atoms with Crippen molar-refractivity contribution in [1.29, 1.82) is 0 Å². The summed E-state index contributed by atoms with van der Waals surface area (Å²) in [5.41, 5.74) is 2.70. The SMILES string of the molecule is Cc1nc(C2CCN(C(=O)c3cc4cc(F)ccc4n3C)CC2)ncc1C(=O)N1CCCC1. The second kappa shape index (κ2) is 8.57. The molecular formula is C25H28FN5O2. The van der Waals surface area contributed by atoms with E-state index in [-0.39, 0.29) is 23.5 Å². The van der Waals surface area contributed by atoms with Gasteiger partial charge in [-0.05, 0) is 56.9 Å². The van der Waals surface area contributed by atoms with Crippen molar-refractivity contribution >= 4 is 22.7 Å². The van der Waals surface area contributed by atoms with Gasteiger partial charge in [0.15, 0.2) is 0 Å². The number of carbonyl (C=O) groups is 2. The van der Waals surface area contributed by atoms with Gasteiger partial charge in [-0.3, -0.25) is 9.59 Å². The van der Waals surface area contributed by atoms with Crippen LogP contribution in [-0.4, -0.2) is 62.3 Å². The van der Waals surface area contributed by atoms with E-state index in [1.165, 1.54) is 12.1 Å². The molecule has 3 aromatic rings. The van der Waals surface area contributed by atoms with Crippen molar-refractivity contribution in [3.8, 4) is 0 Å². The Morgan fingerprint density at radius 2 is 1.70 bits per heavy atom. The lowest BCUT2D eigenvalue weighted by molar-refractivity contribution is 0.0700. The summed E-state index contributed by atoms with van der Waals surface area (Å²) in [6, 6.07) is 6.32. The summed E-state index contributed by atoms with van der Waals surface area (Å²) in [4.78, 5) is 38.8. The lowest BCUT2D eigenvalue weighted by Gasteiger charge is -2.31. The molecule has 2 fully saturated rings. The van der Waals surface area contributed by atoms with Crippen LogP contribution in [0.1, 0.15) is 64.0 Å². The zero-order valence-electron chi connectivity index (χ0n) is 19.1. The van der Waals surface area contributed by atoms with Crippen LogP contribution in [0, 0.1) is 12.7 Å². The van der Waals surface area contributed by atoms with Gasteiger partial charge in [0.25, 0.3) is 11.8 Å². The van der Waals surface area contributed by atoms with Gasteiger partial charge in [0.2, 0.25) is 0 Å². The first-order valence-electron chi connectivity index (χ1n) is 11.6. The van der Waals surface area contributed by atoms with Crippen LogP contribution in [-0.2, 0) is 7.05 Å². The maximum Gasteiger partial charge on any atom is 0.270 e. The van der Waals surface area contributed by atoms with Gasteiger partial charge in [0.1, 0.15) is 17.3 Å². The van der Waals surface area contributed by atoms with E-state index in [4.69, 9.17) is 0 Å². The molecule has 2 aromatic heterocycles. The predicted octanol–water partition coefficient (Wildman–Crippen LogP) is 3.67. The molecule has 0 bridgehead atoms. The molecule has 1 aromatic carbocycles. The fourth-order valence-corrected chi connectivity index (χ4v) is 5.01. The van der Waals surface area contributed by atoms with E-state index in [0.717, 1.165) is 61.2 Å². The summed E-state index contributed by atoms with van der Waals surface area (Å²) >= 11 is 0. The van der Waals surface area contributed by atoms with Gasteiger partial charge in [-0.2, -0.15) is 0 Å². The number of piperidine rings is 1. The number of hydrogen-bond acceptors (Lipinski definition) is 4. The van der Waals surface area contributed by atoms with Crippen molar-refractivity contribution in [2.75, 3.05) is 26.2 Å². The maximum atomic E-state index is 13.6. The van der Waals surface area contributed by atoms with Crippen LogP contribution in [0.5, 0.6) is 0 Å². The van der Waals surface area contributed by atoms with Crippen LogP contribution in [0.3, 0.4) is 0 Å².